The Hall–Kier alpha value is -2.83. The van der Waals surface area contributed by atoms with E-state index in [0.29, 0.717) is 13.0 Å². The van der Waals surface area contributed by atoms with Crippen LogP contribution in [0.25, 0.3) is 10.9 Å². The van der Waals surface area contributed by atoms with E-state index in [9.17, 15) is 14.4 Å². The molecule has 1 aromatic heterocycles. The van der Waals surface area contributed by atoms with Gasteiger partial charge in [0.05, 0.1) is 5.69 Å². The zero-order valence-corrected chi connectivity index (χ0v) is 18.2. The van der Waals surface area contributed by atoms with Gasteiger partial charge < -0.3 is 15.2 Å². The van der Waals surface area contributed by atoms with E-state index in [-0.39, 0.29) is 23.9 Å². The van der Waals surface area contributed by atoms with Gasteiger partial charge in [-0.3, -0.25) is 9.59 Å². The molecule has 1 saturated heterocycles. The van der Waals surface area contributed by atoms with Gasteiger partial charge in [0.15, 0.2) is 5.54 Å². The van der Waals surface area contributed by atoms with Crippen molar-refractivity contribution in [1.82, 2.24) is 20.1 Å². The van der Waals surface area contributed by atoms with Gasteiger partial charge in [-0.05, 0) is 44.7 Å². The summed E-state index contributed by atoms with van der Waals surface area (Å²) in [5.41, 5.74) is 1.72. The van der Waals surface area contributed by atoms with Gasteiger partial charge in [-0.25, -0.2) is 9.69 Å². The molecular formula is C24H30N4O3. The van der Waals surface area contributed by atoms with Crippen molar-refractivity contribution >= 4 is 28.7 Å². The molecule has 0 bridgehead atoms. The van der Waals surface area contributed by atoms with Crippen molar-refractivity contribution in [3.63, 3.8) is 0 Å². The van der Waals surface area contributed by atoms with Crippen LogP contribution in [-0.2, 0) is 21.5 Å². The Bertz CT molecular complexity index is 1050. The number of nitrogens with zero attached hydrogens (tertiary/aromatic N) is 2. The summed E-state index contributed by atoms with van der Waals surface area (Å²) in [6, 6.07) is 6.90. The predicted octanol–water partition coefficient (Wildman–Crippen LogP) is 3.43. The summed E-state index contributed by atoms with van der Waals surface area (Å²) in [7, 11) is 0. The second-order valence-electron chi connectivity index (χ2n) is 9.33. The van der Waals surface area contributed by atoms with E-state index in [4.69, 9.17) is 0 Å². The molecule has 3 heterocycles. The lowest BCUT2D eigenvalue weighted by atomic mass is 9.87. The minimum absolute atomic E-state index is 0.128. The summed E-state index contributed by atoms with van der Waals surface area (Å²) in [5.74, 6) is -0.567. The molecule has 31 heavy (non-hydrogen) atoms. The standard InChI is InChI=1S/C24H30N4O3/c1-15(21(29)25-16-9-5-3-4-6-10-16)28-22(30)24(2)20-18(13-14-27(24)23(28)31)17-11-7-8-12-19(17)26-20/h7-8,11-12,15-16,26H,3-6,9-10,13-14H2,1-2H3,(H,25,29)/t15-,24+/m0/s1. The largest absolute Gasteiger partial charge is 0.356 e. The first-order valence-electron chi connectivity index (χ1n) is 11.5. The maximum absolute atomic E-state index is 13.7. The number of benzene rings is 1. The van der Waals surface area contributed by atoms with Crippen LogP contribution < -0.4 is 5.32 Å². The molecule has 0 radical (unpaired) electrons. The molecular weight excluding hydrogens is 392 g/mol. The van der Waals surface area contributed by atoms with Crippen LogP contribution >= 0.6 is 0 Å². The molecule has 2 fully saturated rings. The molecule has 7 nitrogen and oxygen atoms in total. The quantitative estimate of drug-likeness (QED) is 0.587. The third-order valence-electron chi connectivity index (χ3n) is 7.47. The van der Waals surface area contributed by atoms with Crippen LogP contribution in [0.15, 0.2) is 24.3 Å². The van der Waals surface area contributed by atoms with Gasteiger partial charge >= 0.3 is 6.03 Å². The number of aromatic amines is 1. The molecule has 4 amide bonds. The van der Waals surface area contributed by atoms with Crippen LogP contribution in [0.3, 0.4) is 0 Å². The van der Waals surface area contributed by atoms with E-state index in [1.54, 1.807) is 18.7 Å². The lowest BCUT2D eigenvalue weighted by Gasteiger charge is -2.36. The van der Waals surface area contributed by atoms with Gasteiger partial charge in [-0.1, -0.05) is 43.9 Å². The minimum Gasteiger partial charge on any atom is -0.356 e. The van der Waals surface area contributed by atoms with Crippen molar-refractivity contribution in [2.24, 2.45) is 0 Å². The van der Waals surface area contributed by atoms with E-state index >= 15 is 0 Å². The van der Waals surface area contributed by atoms with Gasteiger partial charge in [0.25, 0.3) is 5.91 Å². The topological polar surface area (TPSA) is 85.5 Å². The van der Waals surface area contributed by atoms with Crippen LogP contribution in [0.4, 0.5) is 4.79 Å². The average molecular weight is 423 g/mol. The molecule has 164 valence electrons. The summed E-state index contributed by atoms with van der Waals surface area (Å²) in [4.78, 5) is 46.2. The number of nitrogens with one attached hydrogen (secondary N) is 2. The number of imide groups is 1. The normalized spacial score (nSPS) is 25.4. The Morgan fingerprint density at radius 2 is 1.87 bits per heavy atom. The van der Waals surface area contributed by atoms with E-state index in [0.717, 1.165) is 47.8 Å². The van der Waals surface area contributed by atoms with E-state index in [1.165, 1.54) is 17.7 Å². The number of para-hydroxylation sites is 1. The average Bonchev–Trinajstić information content (AvgIpc) is 3.08. The molecule has 0 spiro atoms. The van der Waals surface area contributed by atoms with Crippen molar-refractivity contribution in [2.45, 2.75) is 76.4 Å². The van der Waals surface area contributed by atoms with Crippen molar-refractivity contribution in [3.8, 4) is 0 Å². The second kappa shape index (κ2) is 7.39. The van der Waals surface area contributed by atoms with Gasteiger partial charge in [-0.15, -0.1) is 0 Å². The van der Waals surface area contributed by atoms with Crippen LogP contribution in [0.1, 0.15) is 63.6 Å². The number of H-pyrrole nitrogens is 1. The minimum atomic E-state index is -1.11. The summed E-state index contributed by atoms with van der Waals surface area (Å²) in [5, 5.41) is 4.19. The number of rotatable bonds is 3. The van der Waals surface area contributed by atoms with Gasteiger partial charge in [0.1, 0.15) is 6.04 Å². The number of amides is 4. The fourth-order valence-corrected chi connectivity index (χ4v) is 5.62. The van der Waals surface area contributed by atoms with Crippen molar-refractivity contribution in [2.75, 3.05) is 6.54 Å². The molecule has 2 N–H and O–H groups in total. The van der Waals surface area contributed by atoms with Gasteiger partial charge in [0.2, 0.25) is 5.91 Å². The number of fused-ring (bicyclic) bond motifs is 5. The molecule has 2 aromatic rings. The lowest BCUT2D eigenvalue weighted by Crippen LogP contribution is -2.51. The van der Waals surface area contributed by atoms with Crippen molar-refractivity contribution in [1.29, 1.82) is 0 Å². The lowest BCUT2D eigenvalue weighted by molar-refractivity contribution is -0.139. The Morgan fingerprint density at radius 3 is 2.61 bits per heavy atom. The number of hydrogen-bond acceptors (Lipinski definition) is 3. The third-order valence-corrected chi connectivity index (χ3v) is 7.47. The van der Waals surface area contributed by atoms with Gasteiger partial charge in [-0.2, -0.15) is 0 Å². The number of hydrogen-bond donors (Lipinski definition) is 2. The first-order valence-corrected chi connectivity index (χ1v) is 11.5. The highest BCUT2D eigenvalue weighted by atomic mass is 16.2. The summed E-state index contributed by atoms with van der Waals surface area (Å²) in [6.45, 7) is 3.93. The first-order chi connectivity index (χ1) is 14.9. The highest BCUT2D eigenvalue weighted by molar-refractivity contribution is 6.10. The molecule has 2 atom stereocenters. The van der Waals surface area contributed by atoms with Gasteiger partial charge in [0, 0.05) is 23.5 Å². The Balaban J connectivity index is 1.44. The summed E-state index contributed by atoms with van der Waals surface area (Å²) in [6.07, 6.45) is 7.22. The fourth-order valence-electron chi connectivity index (χ4n) is 5.62. The Kier molecular flexibility index (Phi) is 4.79. The van der Waals surface area contributed by atoms with E-state index in [1.807, 2.05) is 24.3 Å². The highest BCUT2D eigenvalue weighted by Crippen LogP contribution is 2.44. The molecule has 1 aliphatic carbocycles. The Labute approximate surface area is 182 Å². The van der Waals surface area contributed by atoms with E-state index in [2.05, 4.69) is 10.3 Å². The Morgan fingerprint density at radius 1 is 1.16 bits per heavy atom. The van der Waals surface area contributed by atoms with Crippen molar-refractivity contribution < 1.29 is 14.4 Å². The first kappa shape index (κ1) is 20.1. The fraction of sp³-hybridized carbons (Fsp3) is 0.542. The number of carbonyl (C=O) groups is 3. The number of urea groups is 1. The third kappa shape index (κ3) is 2.97. The molecule has 2 aliphatic heterocycles. The zero-order valence-electron chi connectivity index (χ0n) is 18.2. The SMILES string of the molecule is C[C@@H](C(=O)NC1CCCCCC1)N1C(=O)N2CCc3c([nH]c4ccccc34)[C@]2(C)C1=O. The zero-order chi connectivity index (χ0) is 21.8. The maximum Gasteiger partial charge on any atom is 0.328 e. The monoisotopic (exact) mass is 422 g/mol. The molecule has 7 heteroatoms. The summed E-state index contributed by atoms with van der Waals surface area (Å²) < 4.78 is 0. The van der Waals surface area contributed by atoms with Crippen molar-refractivity contribution in [3.05, 3.63) is 35.5 Å². The molecule has 1 saturated carbocycles. The highest BCUT2D eigenvalue weighted by Gasteiger charge is 2.60. The molecule has 0 unspecified atom stereocenters. The van der Waals surface area contributed by atoms with Crippen LogP contribution in [-0.4, -0.2) is 51.3 Å². The molecule has 1 aromatic carbocycles. The second-order valence-corrected chi connectivity index (χ2v) is 9.33. The van der Waals surface area contributed by atoms with Crippen LogP contribution in [0.5, 0.6) is 0 Å². The van der Waals surface area contributed by atoms with Crippen LogP contribution in [0, 0.1) is 0 Å². The predicted molar refractivity (Wildman–Crippen MR) is 117 cm³/mol. The van der Waals surface area contributed by atoms with E-state index < -0.39 is 11.6 Å². The smallest absolute Gasteiger partial charge is 0.328 e. The number of carbonyl (C=O) groups excluding carboxylic acids is 3. The summed E-state index contributed by atoms with van der Waals surface area (Å²) >= 11 is 0. The maximum atomic E-state index is 13.7. The number of aromatic nitrogens is 1. The molecule has 3 aliphatic rings. The molecule has 5 rings (SSSR count). The van der Waals surface area contributed by atoms with Crippen LogP contribution in [0.2, 0.25) is 0 Å².